The third-order valence-corrected chi connectivity index (χ3v) is 3.95. The molecule has 0 amide bonds. The lowest BCUT2D eigenvalue weighted by atomic mass is 9.98. The van der Waals surface area contributed by atoms with Crippen molar-refractivity contribution < 1.29 is 9.47 Å². The zero-order valence-electron chi connectivity index (χ0n) is 10.7. The van der Waals surface area contributed by atoms with Gasteiger partial charge in [0, 0.05) is 32.5 Å². The van der Waals surface area contributed by atoms with Gasteiger partial charge in [-0.25, -0.2) is 0 Å². The molecule has 100 valence electrons. The number of aromatic amines is 1. The molecule has 1 aromatic heterocycles. The van der Waals surface area contributed by atoms with E-state index in [4.69, 9.17) is 9.47 Å². The summed E-state index contributed by atoms with van der Waals surface area (Å²) in [5, 5.41) is 7.13. The first-order valence-electron chi connectivity index (χ1n) is 6.82. The highest BCUT2D eigenvalue weighted by Crippen LogP contribution is 2.25. The molecule has 0 aromatic carbocycles. The lowest BCUT2D eigenvalue weighted by molar-refractivity contribution is -0.0281. The molecule has 1 atom stereocenters. The molecule has 3 heterocycles. The Bertz CT molecular complexity index is 349. The minimum Gasteiger partial charge on any atom is -0.381 e. The van der Waals surface area contributed by atoms with E-state index in [1.807, 2.05) is 6.20 Å². The molecular weight excluding hydrogens is 230 g/mol. The molecule has 5 nitrogen and oxygen atoms in total. The third kappa shape index (κ3) is 2.74. The summed E-state index contributed by atoms with van der Waals surface area (Å²) in [4.78, 5) is 2.53. The molecule has 0 bridgehead atoms. The Morgan fingerprint density at radius 3 is 2.94 bits per heavy atom. The standard InChI is InChI=1S/C13H21N3O2/c1-4-14-15-12(1)13-10-18-8-5-16(13)9-11-2-6-17-7-3-11/h1,4,11,13H,2-3,5-10H2,(H,14,15). The molecule has 2 aliphatic heterocycles. The van der Waals surface area contributed by atoms with Gasteiger partial charge in [0.15, 0.2) is 0 Å². The number of ether oxygens (including phenoxy) is 2. The minimum absolute atomic E-state index is 0.337. The van der Waals surface area contributed by atoms with Gasteiger partial charge in [0.25, 0.3) is 0 Å². The fourth-order valence-corrected chi connectivity index (χ4v) is 2.86. The average Bonchev–Trinajstić information content (AvgIpc) is 2.94. The van der Waals surface area contributed by atoms with Crippen molar-refractivity contribution in [3.05, 3.63) is 18.0 Å². The number of aromatic nitrogens is 2. The number of hydrogen-bond acceptors (Lipinski definition) is 4. The minimum atomic E-state index is 0.337. The highest BCUT2D eigenvalue weighted by molar-refractivity contribution is 5.06. The summed E-state index contributed by atoms with van der Waals surface area (Å²) in [7, 11) is 0. The number of morpholine rings is 1. The van der Waals surface area contributed by atoms with Crippen molar-refractivity contribution in [3.8, 4) is 0 Å². The van der Waals surface area contributed by atoms with E-state index >= 15 is 0 Å². The van der Waals surface area contributed by atoms with Crippen LogP contribution < -0.4 is 0 Å². The molecule has 2 aliphatic rings. The van der Waals surface area contributed by atoms with E-state index < -0.39 is 0 Å². The van der Waals surface area contributed by atoms with Gasteiger partial charge in [0.1, 0.15) is 0 Å². The van der Waals surface area contributed by atoms with Crippen LogP contribution in [-0.4, -0.2) is 54.6 Å². The van der Waals surface area contributed by atoms with E-state index in [-0.39, 0.29) is 0 Å². The molecule has 0 saturated carbocycles. The van der Waals surface area contributed by atoms with Crippen LogP contribution in [0.15, 0.2) is 12.3 Å². The van der Waals surface area contributed by atoms with E-state index in [0.717, 1.165) is 45.4 Å². The van der Waals surface area contributed by atoms with Crippen molar-refractivity contribution in [1.82, 2.24) is 15.1 Å². The number of rotatable bonds is 3. The van der Waals surface area contributed by atoms with Gasteiger partial charge < -0.3 is 9.47 Å². The molecule has 2 saturated heterocycles. The van der Waals surface area contributed by atoms with Crippen LogP contribution in [0.25, 0.3) is 0 Å². The molecular formula is C13H21N3O2. The van der Waals surface area contributed by atoms with Crippen molar-refractivity contribution >= 4 is 0 Å². The number of nitrogens with zero attached hydrogens (tertiary/aromatic N) is 2. The predicted octanol–water partition coefficient (Wildman–Crippen LogP) is 1.21. The number of hydrogen-bond donors (Lipinski definition) is 1. The molecule has 1 N–H and O–H groups in total. The zero-order chi connectivity index (χ0) is 12.2. The lowest BCUT2D eigenvalue weighted by Crippen LogP contribution is -2.43. The van der Waals surface area contributed by atoms with E-state index in [2.05, 4.69) is 21.2 Å². The monoisotopic (exact) mass is 251 g/mol. The summed E-state index contributed by atoms with van der Waals surface area (Å²) in [5.41, 5.74) is 1.17. The Kier molecular flexibility index (Phi) is 3.93. The van der Waals surface area contributed by atoms with Crippen LogP contribution >= 0.6 is 0 Å². The second kappa shape index (κ2) is 5.82. The number of H-pyrrole nitrogens is 1. The fraction of sp³-hybridized carbons (Fsp3) is 0.769. The topological polar surface area (TPSA) is 50.4 Å². The Morgan fingerprint density at radius 2 is 2.17 bits per heavy atom. The quantitative estimate of drug-likeness (QED) is 0.877. The largest absolute Gasteiger partial charge is 0.381 e. The van der Waals surface area contributed by atoms with Gasteiger partial charge in [-0.3, -0.25) is 10.00 Å². The molecule has 18 heavy (non-hydrogen) atoms. The molecule has 0 aliphatic carbocycles. The first-order chi connectivity index (χ1) is 8.93. The van der Waals surface area contributed by atoms with Crippen LogP contribution in [0, 0.1) is 5.92 Å². The van der Waals surface area contributed by atoms with Gasteiger partial charge in [0.05, 0.1) is 24.9 Å². The summed E-state index contributed by atoms with van der Waals surface area (Å²) in [6, 6.07) is 2.39. The van der Waals surface area contributed by atoms with Gasteiger partial charge in [-0.05, 0) is 24.8 Å². The van der Waals surface area contributed by atoms with Crippen LogP contribution in [0.1, 0.15) is 24.6 Å². The average molecular weight is 251 g/mol. The van der Waals surface area contributed by atoms with Gasteiger partial charge >= 0.3 is 0 Å². The normalized spacial score (nSPS) is 27.4. The first-order valence-corrected chi connectivity index (χ1v) is 6.82. The highest BCUT2D eigenvalue weighted by Gasteiger charge is 2.28. The summed E-state index contributed by atoms with van der Waals surface area (Å²) in [6.07, 6.45) is 4.19. The second-order valence-corrected chi connectivity index (χ2v) is 5.15. The Balaban J connectivity index is 1.64. The molecule has 1 aromatic rings. The summed E-state index contributed by atoms with van der Waals surface area (Å²) < 4.78 is 11.0. The zero-order valence-corrected chi connectivity index (χ0v) is 10.7. The van der Waals surface area contributed by atoms with Crippen molar-refractivity contribution in [2.45, 2.75) is 18.9 Å². The number of nitrogens with one attached hydrogen (secondary N) is 1. The maximum Gasteiger partial charge on any atom is 0.0752 e. The van der Waals surface area contributed by atoms with Crippen molar-refractivity contribution in [2.75, 3.05) is 39.5 Å². The van der Waals surface area contributed by atoms with Crippen LogP contribution in [0.3, 0.4) is 0 Å². The third-order valence-electron chi connectivity index (χ3n) is 3.95. The van der Waals surface area contributed by atoms with Gasteiger partial charge in [-0.1, -0.05) is 0 Å². The smallest absolute Gasteiger partial charge is 0.0752 e. The predicted molar refractivity (Wildman–Crippen MR) is 67.3 cm³/mol. The van der Waals surface area contributed by atoms with Crippen molar-refractivity contribution in [1.29, 1.82) is 0 Å². The second-order valence-electron chi connectivity index (χ2n) is 5.15. The maximum atomic E-state index is 5.61. The Hall–Kier alpha value is -0.910. The molecule has 3 rings (SSSR count). The van der Waals surface area contributed by atoms with E-state index in [9.17, 15) is 0 Å². The molecule has 0 radical (unpaired) electrons. The molecule has 0 spiro atoms. The summed E-state index contributed by atoms with van der Waals surface area (Å²) in [5.74, 6) is 0.766. The van der Waals surface area contributed by atoms with Crippen LogP contribution in [0.5, 0.6) is 0 Å². The van der Waals surface area contributed by atoms with Gasteiger partial charge in [0.2, 0.25) is 0 Å². The van der Waals surface area contributed by atoms with E-state index in [0.29, 0.717) is 6.04 Å². The van der Waals surface area contributed by atoms with E-state index in [1.54, 1.807) is 0 Å². The molecule has 5 heteroatoms. The Morgan fingerprint density at radius 1 is 1.28 bits per heavy atom. The fourth-order valence-electron chi connectivity index (χ4n) is 2.86. The van der Waals surface area contributed by atoms with Crippen LogP contribution in [0.2, 0.25) is 0 Å². The maximum absolute atomic E-state index is 5.61. The summed E-state index contributed by atoms with van der Waals surface area (Å²) in [6.45, 7) is 5.62. The lowest BCUT2D eigenvalue weighted by Gasteiger charge is -2.38. The van der Waals surface area contributed by atoms with Crippen molar-refractivity contribution in [2.24, 2.45) is 5.92 Å². The van der Waals surface area contributed by atoms with Crippen LogP contribution in [-0.2, 0) is 9.47 Å². The van der Waals surface area contributed by atoms with Crippen LogP contribution in [0.4, 0.5) is 0 Å². The summed E-state index contributed by atoms with van der Waals surface area (Å²) >= 11 is 0. The molecule has 2 fully saturated rings. The van der Waals surface area contributed by atoms with E-state index in [1.165, 1.54) is 18.5 Å². The highest BCUT2D eigenvalue weighted by atomic mass is 16.5. The first kappa shape index (κ1) is 12.1. The molecule has 1 unspecified atom stereocenters. The Labute approximate surface area is 107 Å². The van der Waals surface area contributed by atoms with Crippen molar-refractivity contribution in [3.63, 3.8) is 0 Å². The SMILES string of the molecule is c1cc(C2COCCN2CC2CCOCC2)[nH]n1. The van der Waals surface area contributed by atoms with Gasteiger partial charge in [-0.2, -0.15) is 5.10 Å². The van der Waals surface area contributed by atoms with Gasteiger partial charge in [-0.15, -0.1) is 0 Å².